The molecule has 1 N–H and O–H groups in total. The van der Waals surface area contributed by atoms with Crippen LogP contribution in [0.25, 0.3) is 0 Å². The highest BCUT2D eigenvalue weighted by molar-refractivity contribution is 5.82. The van der Waals surface area contributed by atoms with Crippen molar-refractivity contribution in [2.45, 2.75) is 18.9 Å². The molecule has 0 aromatic heterocycles. The quantitative estimate of drug-likeness (QED) is 0.800. The van der Waals surface area contributed by atoms with Gasteiger partial charge in [-0.05, 0) is 18.4 Å². The largest absolute Gasteiger partial charge is 0.368 e. The van der Waals surface area contributed by atoms with Crippen LogP contribution in [0.15, 0.2) is 30.3 Å². The van der Waals surface area contributed by atoms with Gasteiger partial charge in [-0.3, -0.25) is 4.79 Å². The lowest BCUT2D eigenvalue weighted by Gasteiger charge is -2.08. The highest BCUT2D eigenvalue weighted by Crippen LogP contribution is 2.06. The van der Waals surface area contributed by atoms with Gasteiger partial charge in [0.25, 0.3) is 0 Å². The lowest BCUT2D eigenvalue weighted by Crippen LogP contribution is -2.26. The number of amides is 1. The second-order valence-corrected chi connectivity index (χ2v) is 3.67. The van der Waals surface area contributed by atoms with Crippen molar-refractivity contribution in [2.75, 3.05) is 13.2 Å². The van der Waals surface area contributed by atoms with Crippen LogP contribution in [0.1, 0.15) is 12.0 Å². The second-order valence-electron chi connectivity index (χ2n) is 3.67. The molecule has 80 valence electrons. The molecule has 1 saturated heterocycles. The Morgan fingerprint density at radius 2 is 2.13 bits per heavy atom. The maximum atomic E-state index is 11.2. The predicted molar refractivity (Wildman–Crippen MR) is 57.5 cm³/mol. The minimum absolute atomic E-state index is 0.0306. The van der Waals surface area contributed by atoms with Crippen LogP contribution in [-0.4, -0.2) is 25.2 Å². The summed E-state index contributed by atoms with van der Waals surface area (Å²) in [5.74, 6) is 0.0306. The minimum Gasteiger partial charge on any atom is -0.368 e. The first-order chi connectivity index (χ1) is 7.36. The average Bonchev–Trinajstić information content (AvgIpc) is 2.66. The third kappa shape index (κ3) is 2.80. The fraction of sp³-hybridized carbons (Fsp3) is 0.417. The van der Waals surface area contributed by atoms with Crippen molar-refractivity contribution >= 4 is 5.91 Å². The van der Waals surface area contributed by atoms with Gasteiger partial charge in [0, 0.05) is 6.54 Å². The Morgan fingerprint density at radius 3 is 2.80 bits per heavy atom. The first-order valence-electron chi connectivity index (χ1n) is 5.29. The van der Waals surface area contributed by atoms with E-state index in [4.69, 9.17) is 4.74 Å². The zero-order valence-electron chi connectivity index (χ0n) is 8.61. The van der Waals surface area contributed by atoms with Crippen molar-refractivity contribution in [3.05, 3.63) is 35.9 Å². The first kappa shape index (κ1) is 10.2. The molecule has 0 saturated carbocycles. The van der Waals surface area contributed by atoms with Gasteiger partial charge in [0.15, 0.2) is 0 Å². The Labute approximate surface area is 89.4 Å². The van der Waals surface area contributed by atoms with E-state index in [1.54, 1.807) is 0 Å². The van der Waals surface area contributed by atoms with E-state index in [9.17, 15) is 4.79 Å². The Balaban J connectivity index is 1.73. The highest BCUT2D eigenvalue weighted by atomic mass is 16.5. The molecule has 3 heteroatoms. The lowest BCUT2D eigenvalue weighted by atomic mass is 10.2. The standard InChI is InChI=1S/C12H15NO2/c14-12-11(6-8-13-12)15-9-7-10-4-2-1-3-5-10/h1-5,11H,6-9H2,(H,13,14). The maximum absolute atomic E-state index is 11.2. The Bertz CT molecular complexity index is 324. The third-order valence-electron chi connectivity index (χ3n) is 2.55. The summed E-state index contributed by atoms with van der Waals surface area (Å²) in [6.07, 6.45) is 1.44. The molecule has 3 nitrogen and oxygen atoms in total. The van der Waals surface area contributed by atoms with Crippen LogP contribution in [0.2, 0.25) is 0 Å². The minimum atomic E-state index is -0.228. The first-order valence-corrected chi connectivity index (χ1v) is 5.29. The molecule has 1 fully saturated rings. The monoisotopic (exact) mass is 205 g/mol. The molecular formula is C12H15NO2. The number of ether oxygens (including phenoxy) is 1. The van der Waals surface area contributed by atoms with Gasteiger partial charge in [0.05, 0.1) is 6.61 Å². The lowest BCUT2D eigenvalue weighted by molar-refractivity contribution is -0.129. The van der Waals surface area contributed by atoms with Crippen LogP contribution in [0.4, 0.5) is 0 Å². The summed E-state index contributed by atoms with van der Waals surface area (Å²) in [6.45, 7) is 1.36. The van der Waals surface area contributed by atoms with Gasteiger partial charge in [-0.2, -0.15) is 0 Å². The van der Waals surface area contributed by atoms with E-state index < -0.39 is 0 Å². The normalized spacial score (nSPS) is 20.3. The van der Waals surface area contributed by atoms with E-state index in [2.05, 4.69) is 17.4 Å². The van der Waals surface area contributed by atoms with Crippen molar-refractivity contribution in [3.8, 4) is 0 Å². The highest BCUT2D eigenvalue weighted by Gasteiger charge is 2.24. The van der Waals surface area contributed by atoms with Crippen LogP contribution in [0.5, 0.6) is 0 Å². The van der Waals surface area contributed by atoms with Gasteiger partial charge in [0.1, 0.15) is 6.10 Å². The number of carbonyl (C=O) groups is 1. The molecule has 0 bridgehead atoms. The molecule has 0 aliphatic carbocycles. The van der Waals surface area contributed by atoms with Crippen molar-refractivity contribution in [1.82, 2.24) is 5.32 Å². The number of nitrogens with one attached hydrogen (secondary N) is 1. The zero-order valence-corrected chi connectivity index (χ0v) is 8.61. The number of rotatable bonds is 4. The van der Waals surface area contributed by atoms with Crippen molar-refractivity contribution in [3.63, 3.8) is 0 Å². The molecule has 2 rings (SSSR count). The van der Waals surface area contributed by atoms with Gasteiger partial charge in [-0.15, -0.1) is 0 Å². The van der Waals surface area contributed by atoms with Crippen LogP contribution in [0, 0.1) is 0 Å². The second kappa shape index (κ2) is 4.94. The molecule has 1 atom stereocenters. The number of benzene rings is 1. The average molecular weight is 205 g/mol. The summed E-state index contributed by atoms with van der Waals surface area (Å²) < 4.78 is 5.51. The summed E-state index contributed by atoms with van der Waals surface area (Å²) >= 11 is 0. The SMILES string of the molecule is O=C1NCCC1OCCc1ccccc1. The van der Waals surface area contributed by atoms with E-state index >= 15 is 0 Å². The fourth-order valence-electron chi connectivity index (χ4n) is 1.69. The van der Waals surface area contributed by atoms with Gasteiger partial charge >= 0.3 is 0 Å². The van der Waals surface area contributed by atoms with E-state index in [1.165, 1.54) is 5.56 Å². The Kier molecular flexibility index (Phi) is 3.35. The summed E-state index contributed by atoms with van der Waals surface area (Å²) in [5.41, 5.74) is 1.25. The van der Waals surface area contributed by atoms with Gasteiger partial charge in [0.2, 0.25) is 5.91 Å². The number of carbonyl (C=O) groups excluding carboxylic acids is 1. The number of hydrogen-bond donors (Lipinski definition) is 1. The van der Waals surface area contributed by atoms with Gasteiger partial charge in [-0.25, -0.2) is 0 Å². The summed E-state index contributed by atoms with van der Waals surface area (Å²) in [7, 11) is 0. The van der Waals surface area contributed by atoms with E-state index in [1.807, 2.05) is 18.2 Å². The Morgan fingerprint density at radius 1 is 1.33 bits per heavy atom. The summed E-state index contributed by atoms with van der Waals surface area (Å²) in [6, 6.07) is 10.2. The van der Waals surface area contributed by atoms with E-state index in [0.717, 1.165) is 19.4 Å². The zero-order chi connectivity index (χ0) is 10.5. The summed E-state index contributed by atoms with van der Waals surface area (Å²) in [5, 5.41) is 2.75. The topological polar surface area (TPSA) is 38.3 Å². The molecule has 1 unspecified atom stereocenters. The van der Waals surface area contributed by atoms with Crippen molar-refractivity contribution < 1.29 is 9.53 Å². The molecule has 0 radical (unpaired) electrons. The third-order valence-corrected chi connectivity index (χ3v) is 2.55. The molecule has 1 aliphatic heterocycles. The Hall–Kier alpha value is -1.35. The number of hydrogen-bond acceptors (Lipinski definition) is 2. The van der Waals surface area contributed by atoms with Crippen molar-refractivity contribution in [1.29, 1.82) is 0 Å². The van der Waals surface area contributed by atoms with Crippen LogP contribution in [-0.2, 0) is 16.0 Å². The van der Waals surface area contributed by atoms with Gasteiger partial charge < -0.3 is 10.1 Å². The maximum Gasteiger partial charge on any atom is 0.249 e. The van der Waals surface area contributed by atoms with Crippen LogP contribution >= 0.6 is 0 Å². The van der Waals surface area contributed by atoms with Crippen molar-refractivity contribution in [2.24, 2.45) is 0 Å². The molecule has 15 heavy (non-hydrogen) atoms. The smallest absolute Gasteiger partial charge is 0.249 e. The van der Waals surface area contributed by atoms with Crippen LogP contribution < -0.4 is 5.32 Å². The molecule has 0 spiro atoms. The van der Waals surface area contributed by atoms with E-state index in [0.29, 0.717) is 6.61 Å². The van der Waals surface area contributed by atoms with E-state index in [-0.39, 0.29) is 12.0 Å². The molecule has 1 aromatic carbocycles. The van der Waals surface area contributed by atoms with Crippen LogP contribution in [0.3, 0.4) is 0 Å². The predicted octanol–water partition coefficient (Wildman–Crippen LogP) is 1.13. The molecular weight excluding hydrogens is 190 g/mol. The molecule has 1 aromatic rings. The molecule has 1 amide bonds. The molecule has 1 heterocycles. The molecule has 1 aliphatic rings. The summed E-state index contributed by atoms with van der Waals surface area (Å²) in [4.78, 5) is 11.2. The van der Waals surface area contributed by atoms with Gasteiger partial charge in [-0.1, -0.05) is 30.3 Å². The fourth-order valence-corrected chi connectivity index (χ4v) is 1.69.